The lowest BCUT2D eigenvalue weighted by atomic mass is 9.97. The maximum absolute atomic E-state index is 5.70. The monoisotopic (exact) mass is 268 g/mol. The summed E-state index contributed by atoms with van der Waals surface area (Å²) < 4.78 is 5.70. The van der Waals surface area contributed by atoms with Crippen molar-refractivity contribution in [3.8, 4) is 0 Å². The summed E-state index contributed by atoms with van der Waals surface area (Å²) >= 11 is 0. The normalized spacial score (nSPS) is 28.9. The minimum atomic E-state index is 0.576. The second kappa shape index (κ2) is 8.93. The molecule has 0 aromatic heterocycles. The Kier molecular flexibility index (Phi) is 7.18. The largest absolute Gasteiger partial charge is 0.378 e. The van der Waals surface area contributed by atoms with E-state index in [1.165, 1.54) is 77.7 Å². The molecule has 0 amide bonds. The first-order chi connectivity index (χ1) is 9.38. The Hall–Kier alpha value is -0.120. The molecule has 19 heavy (non-hydrogen) atoms. The zero-order chi connectivity index (χ0) is 13.3. The van der Waals surface area contributed by atoms with Crippen molar-refractivity contribution in [3.63, 3.8) is 0 Å². The number of nitrogens with zero attached hydrogens (tertiary/aromatic N) is 1. The van der Waals surface area contributed by atoms with E-state index in [0.717, 1.165) is 12.5 Å². The Balaban J connectivity index is 1.55. The first kappa shape index (κ1) is 15.3. The first-order valence-electron chi connectivity index (χ1n) is 8.43. The highest BCUT2D eigenvalue weighted by atomic mass is 16.5. The molecule has 3 heteroatoms. The van der Waals surface area contributed by atoms with E-state index < -0.39 is 0 Å². The minimum Gasteiger partial charge on any atom is -0.378 e. The van der Waals surface area contributed by atoms with Gasteiger partial charge < -0.3 is 15.0 Å². The Labute approximate surface area is 119 Å². The standard InChI is InChI=1S/C16H32N2O/c1-2-9-17-13-15-6-3-10-18(14-15)11-4-7-16-8-5-12-19-16/h15-17H,2-14H2,1H3. The van der Waals surface area contributed by atoms with Crippen LogP contribution in [-0.4, -0.2) is 50.3 Å². The van der Waals surface area contributed by atoms with Crippen molar-refractivity contribution < 1.29 is 4.74 Å². The van der Waals surface area contributed by atoms with Gasteiger partial charge in [0.15, 0.2) is 0 Å². The number of rotatable bonds is 8. The summed E-state index contributed by atoms with van der Waals surface area (Å²) in [5, 5.41) is 3.58. The van der Waals surface area contributed by atoms with Gasteiger partial charge in [0.2, 0.25) is 0 Å². The van der Waals surface area contributed by atoms with Gasteiger partial charge in [0.05, 0.1) is 6.10 Å². The molecule has 2 aliphatic heterocycles. The van der Waals surface area contributed by atoms with E-state index >= 15 is 0 Å². The molecule has 1 N–H and O–H groups in total. The molecule has 2 unspecified atom stereocenters. The molecule has 2 rings (SSSR count). The maximum atomic E-state index is 5.70. The molecule has 2 fully saturated rings. The third kappa shape index (κ3) is 5.80. The van der Waals surface area contributed by atoms with Gasteiger partial charge >= 0.3 is 0 Å². The van der Waals surface area contributed by atoms with Crippen molar-refractivity contribution >= 4 is 0 Å². The fourth-order valence-corrected chi connectivity index (χ4v) is 3.42. The van der Waals surface area contributed by atoms with Crippen molar-refractivity contribution in [1.82, 2.24) is 10.2 Å². The van der Waals surface area contributed by atoms with Crippen molar-refractivity contribution in [2.45, 2.75) is 58.0 Å². The number of hydrogen-bond donors (Lipinski definition) is 1. The number of ether oxygens (including phenoxy) is 1. The number of likely N-dealkylation sites (tertiary alicyclic amines) is 1. The van der Waals surface area contributed by atoms with Crippen molar-refractivity contribution in [1.29, 1.82) is 0 Å². The molecular formula is C16H32N2O. The van der Waals surface area contributed by atoms with Gasteiger partial charge in [0.25, 0.3) is 0 Å². The van der Waals surface area contributed by atoms with Crippen LogP contribution >= 0.6 is 0 Å². The third-order valence-electron chi connectivity index (χ3n) is 4.49. The van der Waals surface area contributed by atoms with E-state index in [4.69, 9.17) is 4.74 Å². The number of hydrogen-bond acceptors (Lipinski definition) is 3. The molecule has 0 aromatic rings. The molecule has 0 bridgehead atoms. The maximum Gasteiger partial charge on any atom is 0.0576 e. The molecule has 0 saturated carbocycles. The minimum absolute atomic E-state index is 0.576. The molecule has 112 valence electrons. The van der Waals surface area contributed by atoms with Crippen LogP contribution in [0.5, 0.6) is 0 Å². The highest BCUT2D eigenvalue weighted by Crippen LogP contribution is 2.19. The Morgan fingerprint density at radius 1 is 1.26 bits per heavy atom. The third-order valence-corrected chi connectivity index (χ3v) is 4.49. The summed E-state index contributed by atoms with van der Waals surface area (Å²) in [6.45, 7) is 9.54. The molecular weight excluding hydrogens is 236 g/mol. The zero-order valence-electron chi connectivity index (χ0n) is 12.7. The van der Waals surface area contributed by atoms with E-state index in [0.29, 0.717) is 6.10 Å². The summed E-state index contributed by atoms with van der Waals surface area (Å²) in [6.07, 6.45) is 9.79. The lowest BCUT2D eigenvalue weighted by molar-refractivity contribution is 0.0951. The van der Waals surface area contributed by atoms with Gasteiger partial charge in [-0.1, -0.05) is 6.92 Å². The van der Waals surface area contributed by atoms with Gasteiger partial charge in [-0.05, 0) is 77.0 Å². The van der Waals surface area contributed by atoms with E-state index in [1.54, 1.807) is 0 Å². The molecule has 0 aliphatic carbocycles. The molecule has 0 spiro atoms. The summed E-state index contributed by atoms with van der Waals surface area (Å²) in [5.74, 6) is 0.878. The Bertz CT molecular complexity index is 229. The quantitative estimate of drug-likeness (QED) is 0.685. The summed E-state index contributed by atoms with van der Waals surface area (Å²) in [7, 11) is 0. The number of piperidine rings is 1. The van der Waals surface area contributed by atoms with Gasteiger partial charge in [-0.2, -0.15) is 0 Å². The number of nitrogens with one attached hydrogen (secondary N) is 1. The molecule has 0 radical (unpaired) electrons. The van der Waals surface area contributed by atoms with Crippen LogP contribution in [0.1, 0.15) is 51.9 Å². The van der Waals surface area contributed by atoms with E-state index in [-0.39, 0.29) is 0 Å². The summed E-state index contributed by atoms with van der Waals surface area (Å²) in [6, 6.07) is 0. The van der Waals surface area contributed by atoms with Gasteiger partial charge in [-0.15, -0.1) is 0 Å². The molecule has 3 nitrogen and oxygen atoms in total. The van der Waals surface area contributed by atoms with Gasteiger partial charge in [0.1, 0.15) is 0 Å². The van der Waals surface area contributed by atoms with Crippen LogP contribution in [0.15, 0.2) is 0 Å². The fourth-order valence-electron chi connectivity index (χ4n) is 3.42. The van der Waals surface area contributed by atoms with Gasteiger partial charge in [-0.25, -0.2) is 0 Å². The van der Waals surface area contributed by atoms with Crippen LogP contribution in [0.3, 0.4) is 0 Å². The van der Waals surface area contributed by atoms with E-state index in [1.807, 2.05) is 0 Å². The Morgan fingerprint density at radius 2 is 2.21 bits per heavy atom. The average Bonchev–Trinajstić information content (AvgIpc) is 2.93. The van der Waals surface area contributed by atoms with Crippen LogP contribution in [0, 0.1) is 5.92 Å². The second-order valence-electron chi connectivity index (χ2n) is 6.29. The summed E-state index contributed by atoms with van der Waals surface area (Å²) in [4.78, 5) is 2.68. The molecule has 0 aromatic carbocycles. The second-order valence-corrected chi connectivity index (χ2v) is 6.29. The topological polar surface area (TPSA) is 24.5 Å². The van der Waals surface area contributed by atoms with Crippen molar-refractivity contribution in [2.75, 3.05) is 39.3 Å². The smallest absolute Gasteiger partial charge is 0.0576 e. The molecule has 2 saturated heterocycles. The molecule has 2 heterocycles. The predicted molar refractivity (Wildman–Crippen MR) is 80.5 cm³/mol. The predicted octanol–water partition coefficient (Wildman–Crippen LogP) is 2.66. The van der Waals surface area contributed by atoms with Crippen molar-refractivity contribution in [3.05, 3.63) is 0 Å². The lowest BCUT2D eigenvalue weighted by Crippen LogP contribution is -2.40. The van der Waals surface area contributed by atoms with Crippen molar-refractivity contribution in [2.24, 2.45) is 5.92 Å². The van der Waals surface area contributed by atoms with Crippen LogP contribution in [0.2, 0.25) is 0 Å². The molecule has 2 atom stereocenters. The Morgan fingerprint density at radius 3 is 3.00 bits per heavy atom. The van der Waals surface area contributed by atoms with Crippen LogP contribution in [0.4, 0.5) is 0 Å². The highest BCUT2D eigenvalue weighted by Gasteiger charge is 2.20. The highest BCUT2D eigenvalue weighted by molar-refractivity contribution is 4.75. The SMILES string of the molecule is CCCNCC1CCCN(CCCC2CCCO2)C1. The van der Waals surface area contributed by atoms with Gasteiger partial charge in [0, 0.05) is 13.2 Å². The lowest BCUT2D eigenvalue weighted by Gasteiger charge is -2.33. The van der Waals surface area contributed by atoms with Crippen LogP contribution in [0.25, 0.3) is 0 Å². The van der Waals surface area contributed by atoms with Gasteiger partial charge in [-0.3, -0.25) is 0 Å². The van der Waals surface area contributed by atoms with E-state index in [2.05, 4.69) is 17.1 Å². The van der Waals surface area contributed by atoms with E-state index in [9.17, 15) is 0 Å². The fraction of sp³-hybridized carbons (Fsp3) is 1.00. The average molecular weight is 268 g/mol. The molecule has 2 aliphatic rings. The summed E-state index contributed by atoms with van der Waals surface area (Å²) in [5.41, 5.74) is 0. The first-order valence-corrected chi connectivity index (χ1v) is 8.43. The van der Waals surface area contributed by atoms with Crippen LogP contribution in [-0.2, 0) is 4.74 Å². The zero-order valence-corrected chi connectivity index (χ0v) is 12.7. The van der Waals surface area contributed by atoms with Crippen LogP contribution < -0.4 is 5.32 Å².